The largest absolute Gasteiger partial charge is 0.493 e. The molecule has 0 N–H and O–H groups in total. The number of rotatable bonds is 8. The molecule has 0 bridgehead atoms. The number of halogens is 1. The number of aromatic nitrogens is 3. The molecule has 0 unspecified atom stereocenters. The van der Waals surface area contributed by atoms with Gasteiger partial charge in [0.2, 0.25) is 5.91 Å². The molecule has 2 aromatic heterocycles. The molecule has 3 heterocycles. The molecule has 174 valence electrons. The Kier molecular flexibility index (Phi) is 7.30. The zero-order valence-electron chi connectivity index (χ0n) is 19.4. The van der Waals surface area contributed by atoms with Gasteiger partial charge in [-0.15, -0.1) is 0 Å². The van der Waals surface area contributed by atoms with Gasteiger partial charge < -0.3 is 4.74 Å². The SMILES string of the molecule is Cc1cc(N2CCN(Cc3ccncc3)CC2=O)nn1Cc1cc(Cl)ccc1OCC(C)C. The van der Waals surface area contributed by atoms with E-state index in [-0.39, 0.29) is 5.91 Å². The van der Waals surface area contributed by atoms with Crippen molar-refractivity contribution in [1.29, 1.82) is 0 Å². The van der Waals surface area contributed by atoms with Gasteiger partial charge in [-0.25, -0.2) is 0 Å². The van der Waals surface area contributed by atoms with Gasteiger partial charge >= 0.3 is 0 Å². The second-order valence-electron chi connectivity index (χ2n) is 8.87. The molecule has 0 spiro atoms. The molecule has 1 fully saturated rings. The first-order valence-corrected chi connectivity index (χ1v) is 11.6. The summed E-state index contributed by atoms with van der Waals surface area (Å²) in [6.07, 6.45) is 3.56. The quantitative estimate of drug-likeness (QED) is 0.497. The smallest absolute Gasteiger partial charge is 0.242 e. The number of hydrogen-bond acceptors (Lipinski definition) is 5. The van der Waals surface area contributed by atoms with E-state index >= 15 is 0 Å². The number of piperazine rings is 1. The van der Waals surface area contributed by atoms with Gasteiger partial charge in [-0.1, -0.05) is 25.4 Å². The first-order valence-electron chi connectivity index (χ1n) is 11.3. The molecule has 3 aromatic rings. The van der Waals surface area contributed by atoms with Crippen LogP contribution in [0.1, 0.15) is 30.7 Å². The molecule has 1 amide bonds. The Bertz CT molecular complexity index is 1100. The van der Waals surface area contributed by atoms with E-state index in [0.717, 1.165) is 35.7 Å². The van der Waals surface area contributed by atoms with E-state index in [1.807, 2.05) is 48.0 Å². The van der Waals surface area contributed by atoms with E-state index in [1.165, 1.54) is 0 Å². The maximum absolute atomic E-state index is 12.9. The third-order valence-electron chi connectivity index (χ3n) is 5.61. The van der Waals surface area contributed by atoms with Gasteiger partial charge in [0.15, 0.2) is 5.82 Å². The second kappa shape index (κ2) is 10.4. The number of carbonyl (C=O) groups is 1. The maximum Gasteiger partial charge on any atom is 0.242 e. The highest BCUT2D eigenvalue weighted by atomic mass is 35.5. The monoisotopic (exact) mass is 467 g/mol. The van der Waals surface area contributed by atoms with Gasteiger partial charge in [-0.3, -0.25) is 24.3 Å². The van der Waals surface area contributed by atoms with Crippen LogP contribution in [0.2, 0.25) is 5.02 Å². The van der Waals surface area contributed by atoms with Crippen molar-refractivity contribution >= 4 is 23.3 Å². The number of hydrogen-bond donors (Lipinski definition) is 0. The van der Waals surface area contributed by atoms with Crippen molar-refractivity contribution in [3.63, 3.8) is 0 Å². The summed E-state index contributed by atoms with van der Waals surface area (Å²) in [5.41, 5.74) is 3.10. The molecule has 4 rings (SSSR count). The molecule has 33 heavy (non-hydrogen) atoms. The van der Waals surface area contributed by atoms with E-state index in [1.54, 1.807) is 17.3 Å². The van der Waals surface area contributed by atoms with E-state index in [4.69, 9.17) is 21.4 Å². The minimum Gasteiger partial charge on any atom is -0.493 e. The Morgan fingerprint density at radius 2 is 1.88 bits per heavy atom. The molecule has 7 nitrogen and oxygen atoms in total. The Hall–Kier alpha value is -2.90. The van der Waals surface area contributed by atoms with Gasteiger partial charge in [0.25, 0.3) is 0 Å². The first-order chi connectivity index (χ1) is 15.9. The van der Waals surface area contributed by atoms with Crippen LogP contribution in [-0.2, 0) is 17.9 Å². The normalized spacial score (nSPS) is 14.8. The number of ether oxygens (including phenoxy) is 1. The van der Waals surface area contributed by atoms with Crippen LogP contribution in [0.15, 0.2) is 48.8 Å². The predicted molar refractivity (Wildman–Crippen MR) is 130 cm³/mol. The minimum atomic E-state index is 0.0590. The second-order valence-corrected chi connectivity index (χ2v) is 9.31. The van der Waals surface area contributed by atoms with Gasteiger partial charge in [-0.2, -0.15) is 5.10 Å². The highest BCUT2D eigenvalue weighted by Crippen LogP contribution is 2.26. The van der Waals surface area contributed by atoms with Crippen LogP contribution < -0.4 is 9.64 Å². The van der Waals surface area contributed by atoms with Crippen LogP contribution in [0.3, 0.4) is 0 Å². The van der Waals surface area contributed by atoms with E-state index < -0.39 is 0 Å². The van der Waals surface area contributed by atoms with Crippen LogP contribution in [-0.4, -0.2) is 51.8 Å². The number of pyridine rings is 1. The third kappa shape index (κ3) is 5.92. The van der Waals surface area contributed by atoms with Crippen LogP contribution in [0.5, 0.6) is 5.75 Å². The Morgan fingerprint density at radius 3 is 2.61 bits per heavy atom. The van der Waals surface area contributed by atoms with Crippen molar-refractivity contribution in [2.24, 2.45) is 5.92 Å². The van der Waals surface area contributed by atoms with Crippen LogP contribution in [0.4, 0.5) is 5.82 Å². The number of anilines is 1. The molecule has 1 aromatic carbocycles. The lowest BCUT2D eigenvalue weighted by Crippen LogP contribution is -2.50. The van der Waals surface area contributed by atoms with Crippen molar-refractivity contribution < 1.29 is 9.53 Å². The summed E-state index contributed by atoms with van der Waals surface area (Å²) in [5, 5.41) is 5.41. The number of carbonyl (C=O) groups excluding carboxylic acids is 1. The molecule has 0 radical (unpaired) electrons. The van der Waals surface area contributed by atoms with Gasteiger partial charge in [0.05, 0.1) is 19.7 Å². The lowest BCUT2D eigenvalue weighted by atomic mass is 10.2. The molecule has 1 saturated heterocycles. The zero-order valence-corrected chi connectivity index (χ0v) is 20.1. The number of benzene rings is 1. The number of aryl methyl sites for hydroxylation is 1. The third-order valence-corrected chi connectivity index (χ3v) is 5.85. The summed E-state index contributed by atoms with van der Waals surface area (Å²) < 4.78 is 7.90. The first kappa shape index (κ1) is 23.3. The highest BCUT2D eigenvalue weighted by molar-refractivity contribution is 6.30. The molecule has 0 atom stereocenters. The Morgan fingerprint density at radius 1 is 1.09 bits per heavy atom. The van der Waals surface area contributed by atoms with Gasteiger partial charge in [0, 0.05) is 54.4 Å². The van der Waals surface area contributed by atoms with Gasteiger partial charge in [0.1, 0.15) is 5.75 Å². The molecular weight excluding hydrogens is 438 g/mol. The van der Waals surface area contributed by atoms with Crippen LogP contribution in [0, 0.1) is 12.8 Å². The summed E-state index contributed by atoms with van der Waals surface area (Å²) in [7, 11) is 0. The summed E-state index contributed by atoms with van der Waals surface area (Å²) >= 11 is 6.26. The molecule has 1 aliphatic rings. The summed E-state index contributed by atoms with van der Waals surface area (Å²) in [6, 6.07) is 11.6. The van der Waals surface area contributed by atoms with Gasteiger partial charge in [-0.05, 0) is 48.7 Å². The number of nitrogens with zero attached hydrogens (tertiary/aromatic N) is 5. The van der Waals surface area contributed by atoms with E-state index in [2.05, 4.69) is 23.7 Å². The van der Waals surface area contributed by atoms with Crippen LogP contribution >= 0.6 is 11.6 Å². The molecule has 1 aliphatic heterocycles. The van der Waals surface area contributed by atoms with E-state index in [0.29, 0.717) is 43.0 Å². The lowest BCUT2D eigenvalue weighted by molar-refractivity contribution is -0.121. The van der Waals surface area contributed by atoms with E-state index in [9.17, 15) is 4.79 Å². The molecule has 0 aliphatic carbocycles. The average molecular weight is 468 g/mol. The lowest BCUT2D eigenvalue weighted by Gasteiger charge is -2.33. The van der Waals surface area contributed by atoms with Crippen molar-refractivity contribution in [2.75, 3.05) is 31.1 Å². The zero-order chi connectivity index (χ0) is 23.4. The fraction of sp³-hybridized carbons (Fsp3) is 0.400. The van der Waals surface area contributed by atoms with Crippen molar-refractivity contribution in [2.45, 2.75) is 33.9 Å². The molecule has 0 saturated carbocycles. The summed E-state index contributed by atoms with van der Waals surface area (Å²) in [4.78, 5) is 20.9. The topological polar surface area (TPSA) is 63.5 Å². The molecule has 8 heteroatoms. The standard InChI is InChI=1S/C25H30ClN5O2/c1-18(2)17-33-23-5-4-22(26)13-21(23)15-31-19(3)12-24(28-31)30-11-10-29(16-25(30)32)14-20-6-8-27-9-7-20/h4-9,12-13,18H,10-11,14-17H2,1-3H3. The fourth-order valence-electron chi connectivity index (χ4n) is 3.86. The highest BCUT2D eigenvalue weighted by Gasteiger charge is 2.27. The fourth-order valence-corrected chi connectivity index (χ4v) is 4.06. The van der Waals surface area contributed by atoms with Crippen molar-refractivity contribution in [3.05, 3.63) is 70.6 Å². The predicted octanol–water partition coefficient (Wildman–Crippen LogP) is 4.17. The van der Waals surface area contributed by atoms with Crippen molar-refractivity contribution in [3.8, 4) is 5.75 Å². The Balaban J connectivity index is 1.45. The number of amides is 1. The average Bonchev–Trinajstić information content (AvgIpc) is 3.13. The van der Waals surface area contributed by atoms with Crippen molar-refractivity contribution in [1.82, 2.24) is 19.7 Å². The Labute approximate surface area is 199 Å². The maximum atomic E-state index is 12.9. The summed E-state index contributed by atoms with van der Waals surface area (Å²) in [5.74, 6) is 1.98. The minimum absolute atomic E-state index is 0.0590. The molecular formula is C25H30ClN5O2. The van der Waals surface area contributed by atoms with Crippen LogP contribution in [0.25, 0.3) is 0 Å². The summed E-state index contributed by atoms with van der Waals surface area (Å²) in [6.45, 7) is 9.91.